The molecule has 2 amide bonds. The van der Waals surface area contributed by atoms with Crippen LogP contribution in [0.5, 0.6) is 0 Å². The number of morpholine rings is 1. The molecule has 8 heteroatoms. The number of rotatable bonds is 7. The van der Waals surface area contributed by atoms with Gasteiger partial charge in [-0.1, -0.05) is 0 Å². The van der Waals surface area contributed by atoms with Crippen molar-refractivity contribution in [1.29, 1.82) is 0 Å². The van der Waals surface area contributed by atoms with Crippen molar-refractivity contribution in [3.8, 4) is 0 Å². The Balaban J connectivity index is 1.21. The van der Waals surface area contributed by atoms with E-state index in [-0.39, 0.29) is 24.5 Å². The predicted molar refractivity (Wildman–Crippen MR) is 104 cm³/mol. The van der Waals surface area contributed by atoms with Crippen molar-refractivity contribution in [2.45, 2.75) is 38.7 Å². The Hall–Kier alpha value is -1.93. The number of aryl methyl sites for hydroxylation is 1. The minimum atomic E-state index is -0.214. The van der Waals surface area contributed by atoms with Gasteiger partial charge in [-0.05, 0) is 57.5 Å². The molecule has 1 saturated carbocycles. The highest BCUT2D eigenvalue weighted by Gasteiger charge is 2.31. The summed E-state index contributed by atoms with van der Waals surface area (Å²) in [6.45, 7) is 7.22. The molecule has 1 aromatic rings. The van der Waals surface area contributed by atoms with Gasteiger partial charge >= 0.3 is 0 Å². The summed E-state index contributed by atoms with van der Waals surface area (Å²) in [6, 6.07) is 0. The van der Waals surface area contributed by atoms with Crippen LogP contribution in [0.4, 0.5) is 0 Å². The molecule has 2 aliphatic heterocycles. The van der Waals surface area contributed by atoms with Crippen molar-refractivity contribution >= 4 is 11.8 Å². The number of hydrogen-bond acceptors (Lipinski definition) is 5. The van der Waals surface area contributed by atoms with Crippen LogP contribution in [0.3, 0.4) is 0 Å². The number of hydrogen-bond donors (Lipinski definition) is 2. The zero-order valence-electron chi connectivity index (χ0n) is 16.7. The highest BCUT2D eigenvalue weighted by molar-refractivity contribution is 5.93. The summed E-state index contributed by atoms with van der Waals surface area (Å²) in [4.78, 5) is 36.0. The molecular weight excluding hydrogens is 358 g/mol. The molecule has 1 aromatic heterocycles. The Morgan fingerprint density at radius 2 is 2.00 bits per heavy atom. The Bertz CT molecular complexity index is 694. The van der Waals surface area contributed by atoms with Gasteiger partial charge in [0.05, 0.1) is 12.4 Å². The van der Waals surface area contributed by atoms with E-state index < -0.39 is 0 Å². The number of carbonyl (C=O) groups excluding carboxylic acids is 2. The molecule has 1 unspecified atom stereocenters. The number of carbonyl (C=O) groups is 2. The van der Waals surface area contributed by atoms with Crippen molar-refractivity contribution in [2.24, 2.45) is 11.8 Å². The van der Waals surface area contributed by atoms with Crippen molar-refractivity contribution in [2.75, 3.05) is 45.9 Å². The molecule has 3 aliphatic rings. The lowest BCUT2D eigenvalue weighted by atomic mass is 9.95. The van der Waals surface area contributed by atoms with Gasteiger partial charge in [0, 0.05) is 31.9 Å². The summed E-state index contributed by atoms with van der Waals surface area (Å²) >= 11 is 0. The summed E-state index contributed by atoms with van der Waals surface area (Å²) in [7, 11) is 0. The first-order chi connectivity index (χ1) is 13.6. The van der Waals surface area contributed by atoms with Crippen LogP contribution >= 0.6 is 0 Å². The number of nitrogens with zero attached hydrogens (tertiary/aromatic N) is 3. The lowest BCUT2D eigenvalue weighted by Crippen LogP contribution is -2.52. The fraction of sp³-hybridized carbons (Fsp3) is 0.750. The second kappa shape index (κ2) is 8.61. The quantitative estimate of drug-likeness (QED) is 0.720. The molecule has 0 bridgehead atoms. The number of H-pyrrole nitrogens is 1. The van der Waals surface area contributed by atoms with E-state index >= 15 is 0 Å². The fourth-order valence-corrected chi connectivity index (χ4v) is 4.19. The molecule has 1 aliphatic carbocycles. The molecular formula is C20H31N5O3. The summed E-state index contributed by atoms with van der Waals surface area (Å²) in [5.41, 5.74) is 1.15. The van der Waals surface area contributed by atoms with Crippen molar-refractivity contribution in [1.82, 2.24) is 25.1 Å². The molecule has 2 N–H and O–H groups in total. The van der Waals surface area contributed by atoms with Gasteiger partial charge in [0.1, 0.15) is 12.3 Å². The first-order valence-corrected chi connectivity index (χ1v) is 10.5. The second-order valence-corrected chi connectivity index (χ2v) is 8.51. The van der Waals surface area contributed by atoms with E-state index in [2.05, 4.69) is 20.2 Å². The van der Waals surface area contributed by atoms with Crippen LogP contribution in [0, 0.1) is 18.8 Å². The van der Waals surface area contributed by atoms with Crippen LogP contribution in [0.15, 0.2) is 6.33 Å². The van der Waals surface area contributed by atoms with E-state index in [9.17, 15) is 9.59 Å². The number of nitrogens with one attached hydrogen (secondary N) is 2. The Kier molecular flexibility index (Phi) is 5.96. The molecule has 0 radical (unpaired) electrons. The summed E-state index contributed by atoms with van der Waals surface area (Å²) in [6.07, 6.45) is 6.47. The molecule has 0 aromatic carbocycles. The molecule has 1 atom stereocenters. The van der Waals surface area contributed by atoms with E-state index in [1.54, 1.807) is 0 Å². The van der Waals surface area contributed by atoms with Gasteiger partial charge in [0.15, 0.2) is 0 Å². The minimum absolute atomic E-state index is 0.0612. The first-order valence-electron chi connectivity index (χ1n) is 10.5. The monoisotopic (exact) mass is 389 g/mol. The number of aromatic amines is 1. The minimum Gasteiger partial charge on any atom is -0.365 e. The molecule has 3 fully saturated rings. The van der Waals surface area contributed by atoms with Gasteiger partial charge in [-0.15, -0.1) is 0 Å². The average Bonchev–Trinajstić information content (AvgIpc) is 3.41. The van der Waals surface area contributed by atoms with Crippen LogP contribution in [0.2, 0.25) is 0 Å². The molecule has 2 saturated heterocycles. The summed E-state index contributed by atoms with van der Waals surface area (Å²) < 4.78 is 5.63. The zero-order chi connectivity index (χ0) is 19.5. The third-order valence-electron chi connectivity index (χ3n) is 6.15. The summed E-state index contributed by atoms with van der Waals surface area (Å²) in [5, 5.41) is 2.87. The van der Waals surface area contributed by atoms with E-state index in [1.807, 2.05) is 11.8 Å². The maximum atomic E-state index is 12.3. The highest BCUT2D eigenvalue weighted by Crippen LogP contribution is 2.31. The second-order valence-electron chi connectivity index (χ2n) is 8.51. The summed E-state index contributed by atoms with van der Waals surface area (Å²) in [5.74, 6) is 1.36. The lowest BCUT2D eigenvalue weighted by Gasteiger charge is -2.38. The third-order valence-corrected chi connectivity index (χ3v) is 6.15. The standard InChI is InChI=1S/C20H31N5O3/c1-14-19(23-13-22-14)20(27)21-8-17-11-25(18(26)12-28-17)10-16-4-6-24(7-5-16)9-15-2-3-15/h13,15-17H,2-12H2,1H3,(H,21,27)(H,22,23). The smallest absolute Gasteiger partial charge is 0.271 e. The van der Waals surface area contributed by atoms with E-state index in [0.29, 0.717) is 24.7 Å². The molecule has 4 rings (SSSR count). The maximum Gasteiger partial charge on any atom is 0.271 e. The Morgan fingerprint density at radius 3 is 2.68 bits per heavy atom. The number of ether oxygens (including phenoxy) is 1. The normalized spacial score (nSPS) is 24.5. The van der Waals surface area contributed by atoms with E-state index in [1.165, 1.54) is 25.7 Å². The van der Waals surface area contributed by atoms with Crippen LogP contribution in [0.1, 0.15) is 41.9 Å². The first kappa shape index (κ1) is 19.4. The zero-order valence-corrected chi connectivity index (χ0v) is 16.7. The molecule has 154 valence electrons. The van der Waals surface area contributed by atoms with Crippen molar-refractivity contribution in [3.05, 3.63) is 17.7 Å². The van der Waals surface area contributed by atoms with Crippen molar-refractivity contribution in [3.63, 3.8) is 0 Å². The largest absolute Gasteiger partial charge is 0.365 e. The maximum absolute atomic E-state index is 12.3. The van der Waals surface area contributed by atoms with Gasteiger partial charge in [0.25, 0.3) is 5.91 Å². The van der Waals surface area contributed by atoms with Crippen LogP contribution < -0.4 is 5.32 Å². The number of aromatic nitrogens is 2. The molecule has 3 heterocycles. The topological polar surface area (TPSA) is 90.6 Å². The van der Waals surface area contributed by atoms with Gasteiger partial charge in [-0.2, -0.15) is 0 Å². The van der Waals surface area contributed by atoms with Gasteiger partial charge in [0.2, 0.25) is 5.91 Å². The van der Waals surface area contributed by atoms with E-state index in [0.717, 1.165) is 44.1 Å². The van der Waals surface area contributed by atoms with Gasteiger partial charge in [-0.25, -0.2) is 4.98 Å². The van der Waals surface area contributed by atoms with Crippen LogP contribution in [-0.2, 0) is 9.53 Å². The predicted octanol–water partition coefficient (Wildman–Crippen LogP) is 0.797. The Morgan fingerprint density at radius 1 is 1.25 bits per heavy atom. The number of likely N-dealkylation sites (tertiary alicyclic amines) is 1. The van der Waals surface area contributed by atoms with Crippen LogP contribution in [-0.4, -0.2) is 83.6 Å². The molecule has 8 nitrogen and oxygen atoms in total. The average molecular weight is 390 g/mol. The number of amides is 2. The third kappa shape index (κ3) is 4.91. The van der Waals surface area contributed by atoms with Gasteiger partial charge < -0.3 is 24.8 Å². The van der Waals surface area contributed by atoms with Crippen molar-refractivity contribution < 1.29 is 14.3 Å². The highest BCUT2D eigenvalue weighted by atomic mass is 16.5. The SMILES string of the molecule is Cc1[nH]cnc1C(=O)NCC1CN(CC2CCN(CC3CC3)CC2)C(=O)CO1. The van der Waals surface area contributed by atoms with Crippen LogP contribution in [0.25, 0.3) is 0 Å². The number of piperidine rings is 1. The molecule has 28 heavy (non-hydrogen) atoms. The molecule has 0 spiro atoms. The Labute approximate surface area is 166 Å². The van der Waals surface area contributed by atoms with E-state index in [4.69, 9.17) is 4.74 Å². The fourth-order valence-electron chi connectivity index (χ4n) is 4.19. The number of imidazole rings is 1. The lowest BCUT2D eigenvalue weighted by molar-refractivity contribution is -0.149. The van der Waals surface area contributed by atoms with Gasteiger partial charge in [-0.3, -0.25) is 9.59 Å².